The van der Waals surface area contributed by atoms with Gasteiger partial charge in [-0.05, 0) is 38.3 Å². The zero-order valence-corrected chi connectivity index (χ0v) is 12.0. The lowest BCUT2D eigenvalue weighted by Crippen LogP contribution is -2.25. The fourth-order valence-corrected chi connectivity index (χ4v) is 2.83. The van der Waals surface area contributed by atoms with E-state index in [1.54, 1.807) is 24.6 Å². The van der Waals surface area contributed by atoms with E-state index >= 15 is 0 Å². The molecule has 0 aromatic carbocycles. The lowest BCUT2D eigenvalue weighted by molar-refractivity contribution is 0.698. The van der Waals surface area contributed by atoms with Gasteiger partial charge >= 0.3 is 0 Å². The van der Waals surface area contributed by atoms with Crippen LogP contribution in [0.15, 0.2) is 32.3 Å². The van der Waals surface area contributed by atoms with Gasteiger partial charge in [-0.2, -0.15) is 16.4 Å². The summed E-state index contributed by atoms with van der Waals surface area (Å²) in [6, 6.07) is 2.07. The van der Waals surface area contributed by atoms with Gasteiger partial charge in [0.05, 0.1) is 11.9 Å². The van der Waals surface area contributed by atoms with Crippen LogP contribution in [-0.4, -0.2) is 16.8 Å². The number of halogens is 1. The van der Waals surface area contributed by atoms with Gasteiger partial charge in [0, 0.05) is 20.6 Å². The van der Waals surface area contributed by atoms with Gasteiger partial charge in [0.1, 0.15) is 4.47 Å². The van der Waals surface area contributed by atoms with Crippen molar-refractivity contribution in [3.05, 3.63) is 43.4 Å². The first-order chi connectivity index (χ1) is 8.09. The molecule has 0 aliphatic heterocycles. The summed E-state index contributed by atoms with van der Waals surface area (Å²) in [4.78, 5) is 13.7. The number of aromatic nitrogens is 2. The summed E-state index contributed by atoms with van der Waals surface area (Å²) in [5.74, 6) is 0. The summed E-state index contributed by atoms with van der Waals surface area (Å²) >= 11 is 4.99. The molecule has 0 fully saturated rings. The Hall–Kier alpha value is -1.14. The van der Waals surface area contributed by atoms with Crippen LogP contribution in [0.3, 0.4) is 0 Å². The van der Waals surface area contributed by atoms with Gasteiger partial charge in [-0.15, -0.1) is 0 Å². The molecule has 6 heteroatoms. The maximum Gasteiger partial charge on any atom is 0.282 e. The molecule has 0 aliphatic carbocycles. The predicted octanol–water partition coefficient (Wildman–Crippen LogP) is 2.24. The van der Waals surface area contributed by atoms with Gasteiger partial charge < -0.3 is 4.90 Å². The second-order valence-electron chi connectivity index (χ2n) is 3.76. The van der Waals surface area contributed by atoms with Crippen LogP contribution in [0.2, 0.25) is 0 Å². The Kier molecular flexibility index (Phi) is 3.63. The van der Waals surface area contributed by atoms with E-state index in [-0.39, 0.29) is 5.56 Å². The first kappa shape index (κ1) is 12.3. The fourth-order valence-electron chi connectivity index (χ4n) is 1.51. The third-order valence-electron chi connectivity index (χ3n) is 2.47. The van der Waals surface area contributed by atoms with Gasteiger partial charge in [-0.3, -0.25) is 4.79 Å². The lowest BCUT2D eigenvalue weighted by atomic mass is 10.3. The SMILES string of the molecule is CN(Cc1ccsc1)c1cnn(C)c(=O)c1Br. The minimum absolute atomic E-state index is 0.125. The molecule has 0 aliphatic rings. The number of anilines is 1. The van der Waals surface area contributed by atoms with Gasteiger partial charge in [0.15, 0.2) is 0 Å². The molecule has 0 bridgehead atoms. The van der Waals surface area contributed by atoms with Gasteiger partial charge in [-0.1, -0.05) is 0 Å². The Bertz CT molecular complexity index is 565. The number of aryl methyl sites for hydroxylation is 1. The molecule has 4 nitrogen and oxygen atoms in total. The third kappa shape index (κ3) is 2.58. The highest BCUT2D eigenvalue weighted by atomic mass is 79.9. The molecule has 90 valence electrons. The molecule has 0 saturated heterocycles. The standard InChI is InChI=1S/C11H12BrN3OS/c1-14(6-8-3-4-17-7-8)9-5-13-15(2)11(16)10(9)12/h3-5,7H,6H2,1-2H3. The third-order valence-corrected chi connectivity index (χ3v) is 3.95. The molecule has 2 rings (SSSR count). The maximum atomic E-state index is 11.7. The number of nitrogens with zero attached hydrogens (tertiary/aromatic N) is 3. The van der Waals surface area contributed by atoms with Crippen molar-refractivity contribution >= 4 is 33.0 Å². The predicted molar refractivity (Wildman–Crippen MR) is 73.6 cm³/mol. The van der Waals surface area contributed by atoms with E-state index < -0.39 is 0 Å². The number of hydrogen-bond acceptors (Lipinski definition) is 4. The average Bonchev–Trinajstić information content (AvgIpc) is 2.78. The highest BCUT2D eigenvalue weighted by Crippen LogP contribution is 2.22. The molecule has 0 radical (unpaired) electrons. The highest BCUT2D eigenvalue weighted by Gasteiger charge is 2.11. The van der Waals surface area contributed by atoms with Crippen LogP contribution in [-0.2, 0) is 13.6 Å². The van der Waals surface area contributed by atoms with Crippen molar-refractivity contribution in [2.24, 2.45) is 7.05 Å². The van der Waals surface area contributed by atoms with E-state index in [1.165, 1.54) is 10.2 Å². The maximum absolute atomic E-state index is 11.7. The quantitative estimate of drug-likeness (QED) is 0.872. The topological polar surface area (TPSA) is 38.1 Å². The minimum Gasteiger partial charge on any atom is -0.368 e. The normalized spacial score (nSPS) is 10.5. The molecule has 0 atom stereocenters. The largest absolute Gasteiger partial charge is 0.368 e. The first-order valence-corrected chi connectivity index (χ1v) is 6.77. The number of rotatable bonds is 3. The van der Waals surface area contributed by atoms with E-state index in [1.807, 2.05) is 17.3 Å². The summed E-state index contributed by atoms with van der Waals surface area (Å²) in [6.07, 6.45) is 1.69. The zero-order chi connectivity index (χ0) is 12.4. The summed E-state index contributed by atoms with van der Waals surface area (Å²) in [5.41, 5.74) is 1.91. The number of thiophene rings is 1. The minimum atomic E-state index is -0.125. The zero-order valence-electron chi connectivity index (χ0n) is 9.55. The second kappa shape index (κ2) is 5.01. The Morgan fingerprint density at radius 1 is 1.59 bits per heavy atom. The van der Waals surface area contributed by atoms with Gasteiger partial charge in [0.25, 0.3) is 5.56 Å². The number of hydrogen-bond donors (Lipinski definition) is 0. The van der Waals surface area contributed by atoms with Crippen molar-refractivity contribution in [2.45, 2.75) is 6.54 Å². The summed E-state index contributed by atoms with van der Waals surface area (Å²) in [5, 5.41) is 8.16. The van der Waals surface area contributed by atoms with Crippen LogP contribution in [0, 0.1) is 0 Å². The molecule has 0 amide bonds. The molecule has 17 heavy (non-hydrogen) atoms. The molecular weight excluding hydrogens is 302 g/mol. The molecule has 2 aromatic heterocycles. The van der Waals surface area contributed by atoms with Crippen LogP contribution in [0.4, 0.5) is 5.69 Å². The van der Waals surface area contributed by atoms with E-state index in [0.717, 1.165) is 12.2 Å². The monoisotopic (exact) mass is 313 g/mol. The highest BCUT2D eigenvalue weighted by molar-refractivity contribution is 9.10. The first-order valence-electron chi connectivity index (χ1n) is 5.03. The Labute approximate surface area is 112 Å². The Morgan fingerprint density at radius 3 is 3.00 bits per heavy atom. The smallest absolute Gasteiger partial charge is 0.282 e. The summed E-state index contributed by atoms with van der Waals surface area (Å²) in [7, 11) is 3.58. The lowest BCUT2D eigenvalue weighted by Gasteiger charge is -2.19. The van der Waals surface area contributed by atoms with Crippen molar-refractivity contribution < 1.29 is 0 Å². The van der Waals surface area contributed by atoms with Crippen LogP contribution >= 0.6 is 27.3 Å². The van der Waals surface area contributed by atoms with Gasteiger partial charge in [-0.25, -0.2) is 4.68 Å². The van der Waals surface area contributed by atoms with E-state index in [4.69, 9.17) is 0 Å². The Morgan fingerprint density at radius 2 is 2.35 bits per heavy atom. The van der Waals surface area contributed by atoms with Crippen molar-refractivity contribution in [3.63, 3.8) is 0 Å². The molecule has 0 N–H and O–H groups in total. The van der Waals surface area contributed by atoms with Gasteiger partial charge in [0.2, 0.25) is 0 Å². The molecule has 0 saturated carbocycles. The molecule has 2 aromatic rings. The van der Waals surface area contributed by atoms with Crippen molar-refractivity contribution in [2.75, 3.05) is 11.9 Å². The Balaban J connectivity index is 2.28. The van der Waals surface area contributed by atoms with Crippen molar-refractivity contribution in [1.82, 2.24) is 9.78 Å². The summed E-state index contributed by atoms with van der Waals surface area (Å²) < 4.78 is 1.86. The molecular formula is C11H12BrN3OS. The van der Waals surface area contributed by atoms with Crippen LogP contribution in [0.5, 0.6) is 0 Å². The molecule has 0 spiro atoms. The van der Waals surface area contributed by atoms with Crippen LogP contribution in [0.25, 0.3) is 0 Å². The summed E-state index contributed by atoms with van der Waals surface area (Å²) in [6.45, 7) is 0.761. The second-order valence-corrected chi connectivity index (χ2v) is 5.33. The molecule has 2 heterocycles. The molecule has 0 unspecified atom stereocenters. The van der Waals surface area contributed by atoms with Crippen molar-refractivity contribution in [3.8, 4) is 0 Å². The van der Waals surface area contributed by atoms with Crippen LogP contribution < -0.4 is 10.5 Å². The van der Waals surface area contributed by atoms with E-state index in [0.29, 0.717) is 4.47 Å². The van der Waals surface area contributed by atoms with E-state index in [9.17, 15) is 4.79 Å². The van der Waals surface area contributed by atoms with Crippen LogP contribution in [0.1, 0.15) is 5.56 Å². The average molecular weight is 314 g/mol. The van der Waals surface area contributed by atoms with Crippen molar-refractivity contribution in [1.29, 1.82) is 0 Å². The van der Waals surface area contributed by atoms with E-state index in [2.05, 4.69) is 32.5 Å². The fraction of sp³-hybridized carbons (Fsp3) is 0.273.